The van der Waals surface area contributed by atoms with Gasteiger partial charge in [-0.05, 0) is 62.4 Å². The lowest BCUT2D eigenvalue weighted by atomic mass is 10.1. The van der Waals surface area contributed by atoms with Crippen molar-refractivity contribution in [3.05, 3.63) is 59.2 Å². The van der Waals surface area contributed by atoms with Gasteiger partial charge >= 0.3 is 0 Å². The normalized spacial score (nSPS) is 13.0. The van der Waals surface area contributed by atoms with E-state index in [1.807, 2.05) is 65.0 Å². The fourth-order valence-corrected chi connectivity index (χ4v) is 5.03. The van der Waals surface area contributed by atoms with Crippen molar-refractivity contribution < 1.29 is 22.7 Å². The number of sulfonamides is 1. The second-order valence-electron chi connectivity index (χ2n) is 9.12. The molecule has 0 saturated heterocycles. The van der Waals surface area contributed by atoms with Gasteiger partial charge in [0.25, 0.3) is 0 Å². The number of carbonyl (C=O) groups excluding carboxylic acids is 2. The molecule has 2 amide bonds. The van der Waals surface area contributed by atoms with Gasteiger partial charge in [0.1, 0.15) is 18.3 Å². The Balaban J connectivity index is 2.49. The first kappa shape index (κ1) is 29.2. The van der Waals surface area contributed by atoms with Crippen LogP contribution in [0.15, 0.2) is 42.5 Å². The summed E-state index contributed by atoms with van der Waals surface area (Å²) in [5, 5.41) is 2.97. The van der Waals surface area contributed by atoms with Gasteiger partial charge in [-0.25, -0.2) is 8.42 Å². The van der Waals surface area contributed by atoms with Gasteiger partial charge in [-0.2, -0.15) is 0 Å². The molecule has 36 heavy (non-hydrogen) atoms. The summed E-state index contributed by atoms with van der Waals surface area (Å²) in [6, 6.07) is 11.9. The number of nitrogens with zero attached hydrogens (tertiary/aromatic N) is 2. The van der Waals surface area contributed by atoms with E-state index in [-0.39, 0.29) is 18.5 Å². The van der Waals surface area contributed by atoms with E-state index in [1.54, 1.807) is 19.2 Å². The minimum Gasteiger partial charge on any atom is -0.497 e. The highest BCUT2D eigenvalue weighted by Gasteiger charge is 2.32. The smallest absolute Gasteiger partial charge is 0.244 e. The molecule has 198 valence electrons. The molecule has 2 aromatic carbocycles. The number of amides is 2. The van der Waals surface area contributed by atoms with Crippen molar-refractivity contribution in [3.8, 4) is 5.75 Å². The highest BCUT2D eigenvalue weighted by atomic mass is 32.2. The van der Waals surface area contributed by atoms with Gasteiger partial charge in [0.05, 0.1) is 19.1 Å². The Morgan fingerprint density at radius 1 is 1.00 bits per heavy atom. The van der Waals surface area contributed by atoms with Gasteiger partial charge in [-0.3, -0.25) is 13.9 Å². The average Bonchev–Trinajstić information content (AvgIpc) is 2.82. The number of anilines is 1. The number of methoxy groups -OCH3 is 1. The SMILES string of the molecule is CC[C@H](C)NC(=O)[C@H](CC)N(Cc1ccc(OC)cc1)C(=O)CN(c1c(C)cccc1C)S(C)(=O)=O. The molecule has 2 atom stereocenters. The third-order valence-electron chi connectivity index (χ3n) is 6.27. The van der Waals surface area contributed by atoms with Crippen LogP contribution in [0.1, 0.15) is 50.3 Å². The maximum absolute atomic E-state index is 13.8. The lowest BCUT2D eigenvalue weighted by molar-refractivity contribution is -0.140. The van der Waals surface area contributed by atoms with Crippen molar-refractivity contribution in [2.24, 2.45) is 0 Å². The topological polar surface area (TPSA) is 96.0 Å². The first-order chi connectivity index (χ1) is 16.9. The second kappa shape index (κ2) is 12.8. The molecule has 8 nitrogen and oxygen atoms in total. The Morgan fingerprint density at radius 3 is 2.06 bits per heavy atom. The summed E-state index contributed by atoms with van der Waals surface area (Å²) >= 11 is 0. The van der Waals surface area contributed by atoms with Crippen LogP contribution in [-0.4, -0.2) is 57.1 Å². The van der Waals surface area contributed by atoms with Crippen LogP contribution in [0.2, 0.25) is 0 Å². The van der Waals surface area contributed by atoms with E-state index in [0.29, 0.717) is 17.9 Å². The molecule has 0 saturated carbocycles. The number of hydrogen-bond donors (Lipinski definition) is 1. The molecule has 9 heteroatoms. The van der Waals surface area contributed by atoms with Crippen LogP contribution in [0.25, 0.3) is 0 Å². The summed E-state index contributed by atoms with van der Waals surface area (Å²) in [4.78, 5) is 28.5. The van der Waals surface area contributed by atoms with Crippen molar-refractivity contribution in [2.75, 3.05) is 24.2 Å². The average molecular weight is 518 g/mol. The summed E-state index contributed by atoms with van der Waals surface area (Å²) in [5.74, 6) is -0.0341. The Bertz CT molecular complexity index is 1130. The van der Waals surface area contributed by atoms with Crippen LogP contribution < -0.4 is 14.4 Å². The number of hydrogen-bond acceptors (Lipinski definition) is 5. The van der Waals surface area contributed by atoms with E-state index in [1.165, 1.54) is 4.90 Å². The van der Waals surface area contributed by atoms with Gasteiger partial charge < -0.3 is 15.0 Å². The molecule has 0 fully saturated rings. The predicted octanol–water partition coefficient (Wildman–Crippen LogP) is 3.80. The number of benzene rings is 2. The van der Waals surface area contributed by atoms with Crippen LogP contribution in [0, 0.1) is 13.8 Å². The molecule has 0 aliphatic heterocycles. The number of ether oxygens (including phenoxy) is 1. The monoisotopic (exact) mass is 517 g/mol. The van der Waals surface area contributed by atoms with E-state index in [0.717, 1.165) is 33.7 Å². The van der Waals surface area contributed by atoms with Crippen molar-refractivity contribution in [2.45, 2.75) is 66.1 Å². The van der Waals surface area contributed by atoms with Crippen LogP contribution in [-0.2, 0) is 26.2 Å². The van der Waals surface area contributed by atoms with E-state index in [9.17, 15) is 18.0 Å². The molecule has 0 spiro atoms. The van der Waals surface area contributed by atoms with Gasteiger partial charge in [0.2, 0.25) is 21.8 Å². The maximum atomic E-state index is 13.8. The largest absolute Gasteiger partial charge is 0.497 e. The first-order valence-corrected chi connectivity index (χ1v) is 14.0. The Kier molecular flexibility index (Phi) is 10.3. The zero-order valence-corrected chi connectivity index (χ0v) is 23.2. The molecule has 2 aromatic rings. The van der Waals surface area contributed by atoms with Gasteiger partial charge in [0.15, 0.2) is 0 Å². The zero-order valence-electron chi connectivity index (χ0n) is 22.4. The summed E-state index contributed by atoms with van der Waals surface area (Å²) in [7, 11) is -2.21. The van der Waals surface area contributed by atoms with Gasteiger partial charge in [-0.15, -0.1) is 0 Å². The van der Waals surface area contributed by atoms with Crippen LogP contribution in [0.5, 0.6) is 5.75 Å². The Labute approximate surface area is 215 Å². The number of rotatable bonds is 12. The summed E-state index contributed by atoms with van der Waals surface area (Å²) < 4.78 is 32.1. The van der Waals surface area contributed by atoms with Gasteiger partial charge in [0, 0.05) is 12.6 Å². The molecule has 0 unspecified atom stereocenters. The highest BCUT2D eigenvalue weighted by Crippen LogP contribution is 2.27. The highest BCUT2D eigenvalue weighted by molar-refractivity contribution is 7.92. The minimum absolute atomic E-state index is 0.0494. The summed E-state index contributed by atoms with van der Waals surface area (Å²) in [6.07, 6.45) is 2.22. The quantitative estimate of drug-likeness (QED) is 0.462. The van der Waals surface area contributed by atoms with E-state index < -0.39 is 28.5 Å². The Morgan fingerprint density at radius 2 is 1.58 bits per heavy atom. The fourth-order valence-electron chi connectivity index (χ4n) is 4.06. The second-order valence-corrected chi connectivity index (χ2v) is 11.0. The van der Waals surface area contributed by atoms with Crippen molar-refractivity contribution in [3.63, 3.8) is 0 Å². The first-order valence-electron chi connectivity index (χ1n) is 12.2. The molecule has 0 radical (unpaired) electrons. The predicted molar refractivity (Wildman–Crippen MR) is 144 cm³/mol. The summed E-state index contributed by atoms with van der Waals surface area (Å²) in [6.45, 7) is 9.10. The molecule has 0 heterocycles. The number of aryl methyl sites for hydroxylation is 2. The van der Waals surface area contributed by atoms with E-state index in [2.05, 4.69) is 5.32 Å². The molecule has 2 rings (SSSR count). The van der Waals surface area contributed by atoms with Gasteiger partial charge in [-0.1, -0.05) is 44.2 Å². The van der Waals surface area contributed by atoms with Crippen molar-refractivity contribution in [1.29, 1.82) is 0 Å². The number of nitrogens with one attached hydrogen (secondary N) is 1. The Hall–Kier alpha value is -3.07. The minimum atomic E-state index is -3.78. The molecule has 0 aliphatic rings. The van der Waals surface area contributed by atoms with Crippen molar-refractivity contribution >= 4 is 27.5 Å². The molecular formula is C27H39N3O5S. The number of para-hydroxylation sites is 1. The van der Waals surface area contributed by atoms with E-state index in [4.69, 9.17) is 4.74 Å². The molecular weight excluding hydrogens is 478 g/mol. The summed E-state index contributed by atoms with van der Waals surface area (Å²) in [5.41, 5.74) is 2.78. The van der Waals surface area contributed by atoms with Crippen LogP contribution >= 0.6 is 0 Å². The molecule has 0 aromatic heterocycles. The lowest BCUT2D eigenvalue weighted by Crippen LogP contribution is -2.53. The molecule has 1 N–H and O–H groups in total. The lowest BCUT2D eigenvalue weighted by Gasteiger charge is -2.34. The fraction of sp³-hybridized carbons (Fsp3) is 0.481. The zero-order chi connectivity index (χ0) is 27.0. The third kappa shape index (κ3) is 7.46. The van der Waals surface area contributed by atoms with E-state index >= 15 is 0 Å². The van der Waals surface area contributed by atoms with Crippen molar-refractivity contribution in [1.82, 2.24) is 10.2 Å². The molecule has 0 bridgehead atoms. The van der Waals surface area contributed by atoms with Crippen LogP contribution in [0.4, 0.5) is 5.69 Å². The number of carbonyl (C=O) groups is 2. The standard InChI is InChI=1S/C27H39N3O5S/c1-8-21(5)28-27(32)24(9-2)29(17-22-13-15-23(35-6)16-14-22)25(31)18-30(36(7,33)34)26-19(3)11-10-12-20(26)4/h10-16,21,24H,8-9,17-18H2,1-7H3,(H,28,32)/t21-,24-/m0/s1. The van der Waals surface area contributed by atoms with Crippen LogP contribution in [0.3, 0.4) is 0 Å². The maximum Gasteiger partial charge on any atom is 0.244 e. The third-order valence-corrected chi connectivity index (χ3v) is 7.38. The molecule has 0 aliphatic carbocycles.